The minimum Gasteiger partial charge on any atom is -0.444 e. The zero-order valence-electron chi connectivity index (χ0n) is 14.4. The first kappa shape index (κ1) is 18.3. The van der Waals surface area contributed by atoms with Gasteiger partial charge >= 0.3 is 6.09 Å². The van der Waals surface area contributed by atoms with Crippen molar-refractivity contribution in [2.24, 2.45) is 0 Å². The van der Waals surface area contributed by atoms with Crippen LogP contribution in [-0.2, 0) is 11.3 Å². The molecule has 1 amide bonds. The van der Waals surface area contributed by atoms with Crippen LogP contribution in [-0.4, -0.2) is 35.2 Å². The molecule has 1 aromatic carbocycles. The first-order valence-electron chi connectivity index (χ1n) is 8.22. The Morgan fingerprint density at radius 2 is 2.09 bits per heavy atom. The van der Waals surface area contributed by atoms with E-state index in [1.54, 1.807) is 0 Å². The predicted molar refractivity (Wildman–Crippen MR) is 96.4 cm³/mol. The van der Waals surface area contributed by atoms with Crippen molar-refractivity contribution in [2.75, 3.05) is 6.54 Å². The number of carbonyl (C=O) groups is 1. The molecule has 1 aromatic rings. The van der Waals surface area contributed by atoms with Gasteiger partial charge in [0, 0.05) is 29.6 Å². The van der Waals surface area contributed by atoms with Gasteiger partial charge in [-0.25, -0.2) is 4.79 Å². The minimum atomic E-state index is -0.439. The van der Waals surface area contributed by atoms with Gasteiger partial charge < -0.3 is 15.0 Å². The molecule has 1 aliphatic heterocycles. The maximum Gasteiger partial charge on any atom is 0.410 e. The molecule has 1 aliphatic rings. The van der Waals surface area contributed by atoms with Crippen molar-refractivity contribution in [3.8, 4) is 0 Å². The number of amides is 1. The molecule has 5 heteroatoms. The van der Waals surface area contributed by atoms with Crippen LogP contribution in [0.3, 0.4) is 0 Å². The summed E-state index contributed by atoms with van der Waals surface area (Å²) in [5.41, 5.74) is 0.820. The third-order valence-electron chi connectivity index (χ3n) is 4.04. The van der Waals surface area contributed by atoms with Gasteiger partial charge in [-0.15, -0.1) is 0 Å². The van der Waals surface area contributed by atoms with E-state index in [1.165, 1.54) is 5.56 Å². The fourth-order valence-electron chi connectivity index (χ4n) is 2.85. The molecular weight excluding hydrogens is 356 g/mol. The number of likely N-dealkylation sites (tertiary alicyclic amines) is 1. The summed E-state index contributed by atoms with van der Waals surface area (Å²) in [6.45, 7) is 9.38. The summed E-state index contributed by atoms with van der Waals surface area (Å²) in [6, 6.07) is 8.87. The van der Waals surface area contributed by atoms with Crippen LogP contribution in [0.5, 0.6) is 0 Å². The SMILES string of the molecule is CC1CC(NCc2ccccc2Br)CCN1C(=O)OC(C)(C)C. The Kier molecular flexibility index (Phi) is 6.09. The Morgan fingerprint density at radius 1 is 1.39 bits per heavy atom. The molecule has 23 heavy (non-hydrogen) atoms. The quantitative estimate of drug-likeness (QED) is 0.845. The topological polar surface area (TPSA) is 41.6 Å². The van der Waals surface area contributed by atoms with E-state index in [9.17, 15) is 4.79 Å². The number of hydrogen-bond donors (Lipinski definition) is 1. The van der Waals surface area contributed by atoms with Gasteiger partial charge in [0.1, 0.15) is 5.60 Å². The Morgan fingerprint density at radius 3 is 2.70 bits per heavy atom. The zero-order chi connectivity index (χ0) is 17.0. The summed E-state index contributed by atoms with van der Waals surface area (Å²) in [4.78, 5) is 14.1. The molecule has 1 heterocycles. The maximum absolute atomic E-state index is 12.2. The second-order valence-electron chi connectivity index (χ2n) is 7.22. The van der Waals surface area contributed by atoms with Gasteiger partial charge in [0.15, 0.2) is 0 Å². The number of ether oxygens (including phenoxy) is 1. The predicted octanol–water partition coefficient (Wildman–Crippen LogP) is 4.33. The third-order valence-corrected chi connectivity index (χ3v) is 4.82. The van der Waals surface area contributed by atoms with Crippen LogP contribution in [0.1, 0.15) is 46.1 Å². The minimum absolute atomic E-state index is 0.190. The van der Waals surface area contributed by atoms with Crippen LogP contribution in [0.25, 0.3) is 0 Å². The Hall–Kier alpha value is -1.07. The molecule has 2 rings (SSSR count). The highest BCUT2D eigenvalue weighted by molar-refractivity contribution is 9.10. The first-order chi connectivity index (χ1) is 10.8. The number of nitrogens with one attached hydrogen (secondary N) is 1. The fourth-order valence-corrected chi connectivity index (χ4v) is 3.27. The average molecular weight is 383 g/mol. The summed E-state index contributed by atoms with van der Waals surface area (Å²) in [6.07, 6.45) is 1.70. The van der Waals surface area contributed by atoms with E-state index >= 15 is 0 Å². The number of benzene rings is 1. The molecular formula is C18H27BrN2O2. The summed E-state index contributed by atoms with van der Waals surface area (Å²) >= 11 is 3.58. The second kappa shape index (κ2) is 7.67. The van der Waals surface area contributed by atoms with E-state index in [2.05, 4.69) is 46.4 Å². The molecule has 0 aromatic heterocycles. The monoisotopic (exact) mass is 382 g/mol. The van der Waals surface area contributed by atoms with Crippen molar-refractivity contribution in [1.82, 2.24) is 10.2 Å². The molecule has 1 saturated heterocycles. The average Bonchev–Trinajstić information content (AvgIpc) is 2.44. The molecule has 2 unspecified atom stereocenters. The Labute approximate surface area is 147 Å². The highest BCUT2D eigenvalue weighted by atomic mass is 79.9. The Bertz CT molecular complexity index is 542. The third kappa shape index (κ3) is 5.50. The summed E-state index contributed by atoms with van der Waals surface area (Å²) in [5, 5.41) is 3.61. The van der Waals surface area contributed by atoms with Gasteiger partial charge in [0.05, 0.1) is 0 Å². The summed E-state index contributed by atoms with van der Waals surface area (Å²) in [5.74, 6) is 0. The number of carbonyl (C=O) groups excluding carboxylic acids is 1. The molecule has 0 bridgehead atoms. The van der Waals surface area contributed by atoms with Gasteiger partial charge in [-0.1, -0.05) is 34.1 Å². The molecule has 0 spiro atoms. The molecule has 4 nitrogen and oxygen atoms in total. The largest absolute Gasteiger partial charge is 0.444 e. The molecule has 0 radical (unpaired) electrons. The highest BCUT2D eigenvalue weighted by Gasteiger charge is 2.31. The van der Waals surface area contributed by atoms with E-state index in [0.717, 1.165) is 30.4 Å². The molecule has 128 valence electrons. The molecule has 0 aliphatic carbocycles. The van der Waals surface area contributed by atoms with Gasteiger partial charge in [0.2, 0.25) is 0 Å². The van der Waals surface area contributed by atoms with Crippen molar-refractivity contribution < 1.29 is 9.53 Å². The standard InChI is InChI=1S/C18H27BrN2O2/c1-13-11-15(20-12-14-7-5-6-8-16(14)19)9-10-21(13)17(22)23-18(2,3)4/h5-8,13,15,20H,9-12H2,1-4H3. The second-order valence-corrected chi connectivity index (χ2v) is 8.07. The van der Waals surface area contributed by atoms with Crippen LogP contribution in [0.2, 0.25) is 0 Å². The van der Waals surface area contributed by atoms with Crippen molar-refractivity contribution >= 4 is 22.0 Å². The van der Waals surface area contributed by atoms with Crippen molar-refractivity contribution in [3.05, 3.63) is 34.3 Å². The number of nitrogens with zero attached hydrogens (tertiary/aromatic N) is 1. The van der Waals surface area contributed by atoms with Crippen LogP contribution in [0.4, 0.5) is 4.79 Å². The lowest BCUT2D eigenvalue weighted by atomic mass is 9.98. The molecule has 1 fully saturated rings. The normalized spacial score (nSPS) is 22.0. The van der Waals surface area contributed by atoms with Crippen LogP contribution < -0.4 is 5.32 Å². The highest BCUT2D eigenvalue weighted by Crippen LogP contribution is 2.22. The van der Waals surface area contributed by atoms with Gasteiger partial charge in [-0.2, -0.15) is 0 Å². The van der Waals surface area contributed by atoms with Crippen molar-refractivity contribution in [1.29, 1.82) is 0 Å². The van der Waals surface area contributed by atoms with Gasteiger partial charge in [0.25, 0.3) is 0 Å². The first-order valence-corrected chi connectivity index (χ1v) is 9.02. The smallest absolute Gasteiger partial charge is 0.410 e. The van der Waals surface area contributed by atoms with Gasteiger partial charge in [-0.05, 0) is 52.2 Å². The van der Waals surface area contributed by atoms with E-state index in [0.29, 0.717) is 6.04 Å². The summed E-state index contributed by atoms with van der Waals surface area (Å²) < 4.78 is 6.62. The number of rotatable bonds is 3. The number of piperidine rings is 1. The number of halogens is 1. The van der Waals surface area contributed by atoms with Crippen molar-refractivity contribution in [3.63, 3.8) is 0 Å². The molecule has 2 atom stereocenters. The van der Waals surface area contributed by atoms with E-state index in [1.807, 2.05) is 31.7 Å². The maximum atomic E-state index is 12.2. The Balaban J connectivity index is 1.84. The summed E-state index contributed by atoms with van der Waals surface area (Å²) in [7, 11) is 0. The fraction of sp³-hybridized carbons (Fsp3) is 0.611. The zero-order valence-corrected chi connectivity index (χ0v) is 16.0. The lowest BCUT2D eigenvalue weighted by Crippen LogP contribution is -2.50. The van der Waals surface area contributed by atoms with Crippen molar-refractivity contribution in [2.45, 2.75) is 64.8 Å². The van der Waals surface area contributed by atoms with Crippen LogP contribution in [0, 0.1) is 0 Å². The van der Waals surface area contributed by atoms with E-state index in [-0.39, 0.29) is 12.1 Å². The van der Waals surface area contributed by atoms with E-state index < -0.39 is 5.60 Å². The van der Waals surface area contributed by atoms with Crippen LogP contribution >= 0.6 is 15.9 Å². The van der Waals surface area contributed by atoms with E-state index in [4.69, 9.17) is 4.74 Å². The lowest BCUT2D eigenvalue weighted by Gasteiger charge is -2.38. The molecule has 1 N–H and O–H groups in total. The molecule has 0 saturated carbocycles. The number of hydrogen-bond acceptors (Lipinski definition) is 3. The lowest BCUT2D eigenvalue weighted by molar-refractivity contribution is 0.00932. The van der Waals surface area contributed by atoms with Crippen LogP contribution in [0.15, 0.2) is 28.7 Å². The van der Waals surface area contributed by atoms with Gasteiger partial charge in [-0.3, -0.25) is 0 Å².